The summed E-state index contributed by atoms with van der Waals surface area (Å²) in [5.74, 6) is -0.342. The van der Waals surface area contributed by atoms with E-state index in [0.29, 0.717) is 13.0 Å². The minimum atomic E-state index is -3.57. The van der Waals surface area contributed by atoms with E-state index in [1.54, 1.807) is 19.0 Å². The van der Waals surface area contributed by atoms with Crippen molar-refractivity contribution >= 4 is 10.1 Å². The van der Waals surface area contributed by atoms with E-state index in [1.807, 2.05) is 6.92 Å². The molecule has 0 rings (SSSR count). The molecule has 14 heavy (non-hydrogen) atoms. The molecule has 0 heterocycles. The van der Waals surface area contributed by atoms with E-state index in [4.69, 9.17) is 0 Å². The van der Waals surface area contributed by atoms with Gasteiger partial charge in [-0.3, -0.25) is 4.18 Å². The molecular formula is C8H19NO4S. The number of likely N-dealkylation sites (N-methyl/N-ethyl adjacent to an activating group) is 1. The summed E-state index contributed by atoms with van der Waals surface area (Å²) in [5.41, 5.74) is 0. The standard InChI is InChI=1S/C8H19NO4S/c1-4-5-13-14(11,12)7-8(10)6-9(2)3/h8,10H,4-7H2,1-3H3. The molecule has 0 spiro atoms. The molecule has 0 aliphatic heterocycles. The lowest BCUT2D eigenvalue weighted by molar-refractivity contribution is 0.152. The van der Waals surface area contributed by atoms with Gasteiger partial charge in [-0.25, -0.2) is 0 Å². The van der Waals surface area contributed by atoms with Crippen molar-refractivity contribution in [2.24, 2.45) is 0 Å². The van der Waals surface area contributed by atoms with Crippen molar-refractivity contribution in [3.05, 3.63) is 0 Å². The first-order chi connectivity index (χ1) is 6.37. The average Bonchev–Trinajstić information content (AvgIpc) is 1.98. The molecule has 0 bridgehead atoms. The molecule has 1 N–H and O–H groups in total. The lowest BCUT2D eigenvalue weighted by Crippen LogP contribution is -2.32. The van der Waals surface area contributed by atoms with Crippen LogP contribution in [0.3, 0.4) is 0 Å². The molecule has 6 heteroatoms. The Bertz CT molecular complexity index is 238. The van der Waals surface area contributed by atoms with Crippen LogP contribution in [0.15, 0.2) is 0 Å². The zero-order valence-electron chi connectivity index (χ0n) is 8.93. The predicted molar refractivity (Wildman–Crippen MR) is 54.6 cm³/mol. The van der Waals surface area contributed by atoms with Gasteiger partial charge in [0.05, 0.1) is 12.7 Å². The van der Waals surface area contributed by atoms with Crippen molar-refractivity contribution in [2.75, 3.05) is 33.0 Å². The molecule has 0 fully saturated rings. The van der Waals surface area contributed by atoms with Gasteiger partial charge in [0.1, 0.15) is 5.75 Å². The van der Waals surface area contributed by atoms with Crippen LogP contribution in [0.2, 0.25) is 0 Å². The summed E-state index contributed by atoms with van der Waals surface area (Å²) < 4.78 is 27.0. The fraction of sp³-hybridized carbons (Fsp3) is 1.00. The highest BCUT2D eigenvalue weighted by molar-refractivity contribution is 7.86. The SMILES string of the molecule is CCCOS(=O)(=O)CC(O)CN(C)C. The van der Waals surface area contributed by atoms with Crippen LogP contribution in [0.25, 0.3) is 0 Å². The van der Waals surface area contributed by atoms with Crippen LogP contribution in [0.1, 0.15) is 13.3 Å². The van der Waals surface area contributed by atoms with Gasteiger partial charge < -0.3 is 10.0 Å². The molecule has 1 unspecified atom stereocenters. The minimum Gasteiger partial charge on any atom is -0.391 e. The second kappa shape index (κ2) is 6.34. The van der Waals surface area contributed by atoms with Crippen LogP contribution >= 0.6 is 0 Å². The third-order valence-corrected chi connectivity index (χ3v) is 2.76. The summed E-state index contributed by atoms with van der Waals surface area (Å²) in [7, 11) is -0.0320. The topological polar surface area (TPSA) is 66.8 Å². The van der Waals surface area contributed by atoms with Crippen LogP contribution in [-0.2, 0) is 14.3 Å². The van der Waals surface area contributed by atoms with Gasteiger partial charge >= 0.3 is 0 Å². The van der Waals surface area contributed by atoms with E-state index in [1.165, 1.54) is 0 Å². The van der Waals surface area contributed by atoms with Crippen molar-refractivity contribution in [2.45, 2.75) is 19.4 Å². The summed E-state index contributed by atoms with van der Waals surface area (Å²) in [6, 6.07) is 0. The maximum atomic E-state index is 11.2. The van der Waals surface area contributed by atoms with Crippen LogP contribution < -0.4 is 0 Å². The van der Waals surface area contributed by atoms with E-state index in [0.717, 1.165) is 0 Å². The number of hydrogen-bond acceptors (Lipinski definition) is 5. The molecule has 1 atom stereocenters. The Balaban J connectivity index is 3.96. The highest BCUT2D eigenvalue weighted by Crippen LogP contribution is 1.99. The molecule has 0 amide bonds. The van der Waals surface area contributed by atoms with E-state index >= 15 is 0 Å². The number of hydrogen-bond donors (Lipinski definition) is 1. The highest BCUT2D eigenvalue weighted by Gasteiger charge is 2.17. The molecule has 0 saturated carbocycles. The predicted octanol–water partition coefficient (Wildman–Crippen LogP) is -0.335. The summed E-state index contributed by atoms with van der Waals surface area (Å²) in [6.45, 7) is 2.32. The van der Waals surface area contributed by atoms with E-state index in [2.05, 4.69) is 4.18 Å². The van der Waals surface area contributed by atoms with Gasteiger partial charge in [-0.2, -0.15) is 8.42 Å². The molecule has 0 aromatic rings. The van der Waals surface area contributed by atoms with Crippen molar-refractivity contribution in [1.29, 1.82) is 0 Å². The lowest BCUT2D eigenvalue weighted by atomic mass is 10.4. The van der Waals surface area contributed by atoms with Crippen LogP contribution in [0.5, 0.6) is 0 Å². The van der Waals surface area contributed by atoms with Gasteiger partial charge in [-0.05, 0) is 20.5 Å². The summed E-state index contributed by atoms with van der Waals surface area (Å²) in [6.07, 6.45) is -0.255. The van der Waals surface area contributed by atoms with Crippen molar-refractivity contribution < 1.29 is 17.7 Å². The Labute approximate surface area is 85.8 Å². The first-order valence-corrected chi connectivity index (χ1v) is 6.15. The number of aliphatic hydroxyl groups is 1. The minimum absolute atomic E-state index is 0.178. The summed E-state index contributed by atoms with van der Waals surface area (Å²) in [5, 5.41) is 9.35. The normalized spacial score (nSPS) is 14.6. The van der Waals surface area contributed by atoms with E-state index < -0.39 is 16.2 Å². The second-order valence-corrected chi connectivity index (χ2v) is 5.15. The Morgan fingerprint density at radius 2 is 2.00 bits per heavy atom. The molecule has 0 aliphatic carbocycles. The monoisotopic (exact) mass is 225 g/mol. The Morgan fingerprint density at radius 3 is 2.43 bits per heavy atom. The van der Waals surface area contributed by atoms with Gasteiger partial charge in [-0.15, -0.1) is 0 Å². The van der Waals surface area contributed by atoms with Gasteiger partial charge in [0, 0.05) is 6.54 Å². The van der Waals surface area contributed by atoms with Crippen molar-refractivity contribution in [3.63, 3.8) is 0 Å². The van der Waals surface area contributed by atoms with Gasteiger partial charge in [0.2, 0.25) is 0 Å². The molecule has 0 aromatic carbocycles. The second-order valence-electron chi connectivity index (χ2n) is 3.46. The molecule has 0 saturated heterocycles. The Kier molecular flexibility index (Phi) is 6.26. The molecule has 5 nitrogen and oxygen atoms in total. The van der Waals surface area contributed by atoms with Crippen molar-refractivity contribution in [1.82, 2.24) is 4.90 Å². The maximum Gasteiger partial charge on any atom is 0.269 e. The van der Waals surface area contributed by atoms with Crippen LogP contribution in [0, 0.1) is 0 Å². The third-order valence-electron chi connectivity index (χ3n) is 1.44. The number of rotatable bonds is 7. The van der Waals surface area contributed by atoms with E-state index in [-0.39, 0.29) is 12.4 Å². The summed E-state index contributed by atoms with van der Waals surface area (Å²) in [4.78, 5) is 1.72. The van der Waals surface area contributed by atoms with Gasteiger partial charge in [-0.1, -0.05) is 6.92 Å². The fourth-order valence-electron chi connectivity index (χ4n) is 0.968. The van der Waals surface area contributed by atoms with Crippen LogP contribution in [0.4, 0.5) is 0 Å². The highest BCUT2D eigenvalue weighted by atomic mass is 32.2. The van der Waals surface area contributed by atoms with Crippen molar-refractivity contribution in [3.8, 4) is 0 Å². The Hall–Kier alpha value is -0.170. The average molecular weight is 225 g/mol. The van der Waals surface area contributed by atoms with Gasteiger partial charge in [0.15, 0.2) is 0 Å². The molecule has 86 valence electrons. The van der Waals surface area contributed by atoms with E-state index in [9.17, 15) is 13.5 Å². The summed E-state index contributed by atoms with van der Waals surface area (Å²) >= 11 is 0. The zero-order chi connectivity index (χ0) is 11.2. The Morgan fingerprint density at radius 1 is 1.43 bits per heavy atom. The first-order valence-electron chi connectivity index (χ1n) is 4.57. The first kappa shape index (κ1) is 13.8. The molecule has 0 radical (unpaired) electrons. The maximum absolute atomic E-state index is 11.2. The van der Waals surface area contributed by atoms with Gasteiger partial charge in [0.25, 0.3) is 10.1 Å². The molecular weight excluding hydrogens is 206 g/mol. The molecule has 0 aromatic heterocycles. The smallest absolute Gasteiger partial charge is 0.269 e. The fourth-order valence-corrected chi connectivity index (χ4v) is 2.06. The lowest BCUT2D eigenvalue weighted by Gasteiger charge is -2.15. The quantitative estimate of drug-likeness (QED) is 0.601. The zero-order valence-corrected chi connectivity index (χ0v) is 9.75. The van der Waals surface area contributed by atoms with Crippen LogP contribution in [-0.4, -0.2) is 57.5 Å². The number of aliphatic hydroxyl groups excluding tert-OH is 1. The largest absolute Gasteiger partial charge is 0.391 e. The molecule has 0 aliphatic rings. The number of nitrogens with zero attached hydrogens (tertiary/aromatic N) is 1. The third kappa shape index (κ3) is 7.25.